The second-order valence-electron chi connectivity index (χ2n) is 3.31. The number of nitrogens with zero attached hydrogens (tertiary/aromatic N) is 1. The number of carbonyl (C=O) groups excluding carboxylic acids is 1. The van der Waals surface area contributed by atoms with Crippen molar-refractivity contribution in [2.45, 2.75) is 19.8 Å². The molecule has 1 amide bonds. The molecule has 0 saturated carbocycles. The van der Waals surface area contributed by atoms with Crippen LogP contribution in [0.4, 0.5) is 0 Å². The van der Waals surface area contributed by atoms with Gasteiger partial charge in [-0.05, 0) is 12.0 Å². The first-order valence-electron chi connectivity index (χ1n) is 4.41. The normalized spacial score (nSPS) is 10.3. The van der Waals surface area contributed by atoms with E-state index in [9.17, 15) is 4.79 Å². The van der Waals surface area contributed by atoms with Gasteiger partial charge in [-0.3, -0.25) is 4.79 Å². The fourth-order valence-electron chi connectivity index (χ4n) is 1.19. The first kappa shape index (κ1) is 10.5. The number of aromatic nitrogens is 1. The van der Waals surface area contributed by atoms with E-state index in [0.717, 1.165) is 5.56 Å². The highest BCUT2D eigenvalue weighted by Crippen LogP contribution is 2.23. The van der Waals surface area contributed by atoms with Gasteiger partial charge >= 0.3 is 0 Å². The van der Waals surface area contributed by atoms with E-state index in [1.54, 1.807) is 6.07 Å². The molecule has 1 heterocycles. The average Bonchev–Trinajstić information content (AvgIpc) is 2.16. The number of ether oxygens (including phenoxy) is 1. The average molecular weight is 194 g/mol. The highest BCUT2D eigenvalue weighted by Gasteiger charge is 2.11. The third kappa shape index (κ3) is 2.02. The Morgan fingerprint density at radius 2 is 2.14 bits per heavy atom. The number of carbonyl (C=O) groups is 1. The predicted molar refractivity (Wildman–Crippen MR) is 53.4 cm³/mol. The van der Waals surface area contributed by atoms with Gasteiger partial charge in [-0.2, -0.15) is 0 Å². The summed E-state index contributed by atoms with van der Waals surface area (Å²) in [7, 11) is 1.53. The van der Waals surface area contributed by atoms with Crippen LogP contribution in [0.25, 0.3) is 0 Å². The first-order valence-corrected chi connectivity index (χ1v) is 4.41. The summed E-state index contributed by atoms with van der Waals surface area (Å²) in [5.41, 5.74) is 6.30. The molecule has 1 rings (SSSR count). The highest BCUT2D eigenvalue weighted by molar-refractivity contribution is 5.90. The van der Waals surface area contributed by atoms with Crippen LogP contribution in [0.15, 0.2) is 12.1 Å². The van der Waals surface area contributed by atoms with Crippen LogP contribution in [0.2, 0.25) is 0 Å². The van der Waals surface area contributed by atoms with E-state index in [1.165, 1.54) is 7.11 Å². The topological polar surface area (TPSA) is 65.2 Å². The van der Waals surface area contributed by atoms with Crippen molar-refractivity contribution in [3.05, 3.63) is 23.4 Å². The van der Waals surface area contributed by atoms with E-state index >= 15 is 0 Å². The van der Waals surface area contributed by atoms with Crippen molar-refractivity contribution in [2.75, 3.05) is 7.11 Å². The van der Waals surface area contributed by atoms with Gasteiger partial charge in [0.25, 0.3) is 5.91 Å². The summed E-state index contributed by atoms with van der Waals surface area (Å²) < 4.78 is 5.08. The molecular weight excluding hydrogens is 180 g/mol. The molecular formula is C10H14N2O2. The SMILES string of the molecule is COc1nc(C(N)=O)ccc1C(C)C. The van der Waals surface area contributed by atoms with Crippen LogP contribution in [0, 0.1) is 0 Å². The summed E-state index contributed by atoms with van der Waals surface area (Å²) in [5.74, 6) is 0.231. The number of pyridine rings is 1. The largest absolute Gasteiger partial charge is 0.481 e. The summed E-state index contributed by atoms with van der Waals surface area (Å²) >= 11 is 0. The minimum absolute atomic E-state index is 0.228. The third-order valence-electron chi connectivity index (χ3n) is 1.96. The molecule has 0 saturated heterocycles. The molecule has 76 valence electrons. The van der Waals surface area contributed by atoms with Crippen LogP contribution in [0.1, 0.15) is 35.8 Å². The lowest BCUT2D eigenvalue weighted by molar-refractivity contribution is 0.0994. The summed E-state index contributed by atoms with van der Waals surface area (Å²) in [6.07, 6.45) is 0. The Kier molecular flexibility index (Phi) is 3.06. The number of primary amides is 1. The Morgan fingerprint density at radius 1 is 1.50 bits per heavy atom. The molecule has 4 heteroatoms. The number of nitrogens with two attached hydrogens (primary N) is 1. The van der Waals surface area contributed by atoms with E-state index in [-0.39, 0.29) is 5.69 Å². The van der Waals surface area contributed by atoms with Crippen molar-refractivity contribution < 1.29 is 9.53 Å². The second-order valence-corrected chi connectivity index (χ2v) is 3.31. The van der Waals surface area contributed by atoms with Gasteiger partial charge in [-0.15, -0.1) is 0 Å². The van der Waals surface area contributed by atoms with Gasteiger partial charge in [-0.1, -0.05) is 19.9 Å². The van der Waals surface area contributed by atoms with Crippen molar-refractivity contribution in [2.24, 2.45) is 5.73 Å². The fourth-order valence-corrected chi connectivity index (χ4v) is 1.19. The Balaban J connectivity index is 3.18. The van der Waals surface area contributed by atoms with E-state index in [2.05, 4.69) is 4.98 Å². The minimum atomic E-state index is -0.543. The van der Waals surface area contributed by atoms with Crippen molar-refractivity contribution in [3.63, 3.8) is 0 Å². The molecule has 0 unspecified atom stereocenters. The van der Waals surface area contributed by atoms with Crippen molar-refractivity contribution in [3.8, 4) is 5.88 Å². The lowest BCUT2D eigenvalue weighted by Gasteiger charge is -2.10. The maximum atomic E-state index is 10.9. The molecule has 14 heavy (non-hydrogen) atoms. The molecule has 0 aromatic carbocycles. The molecule has 0 aliphatic heterocycles. The highest BCUT2D eigenvalue weighted by atomic mass is 16.5. The van der Waals surface area contributed by atoms with E-state index in [0.29, 0.717) is 11.8 Å². The lowest BCUT2D eigenvalue weighted by Crippen LogP contribution is -2.14. The van der Waals surface area contributed by atoms with Gasteiger partial charge in [0.15, 0.2) is 0 Å². The van der Waals surface area contributed by atoms with Crippen molar-refractivity contribution in [1.29, 1.82) is 0 Å². The molecule has 0 atom stereocenters. The van der Waals surface area contributed by atoms with E-state index in [1.807, 2.05) is 19.9 Å². The summed E-state index contributed by atoms with van der Waals surface area (Å²) in [5, 5.41) is 0. The monoisotopic (exact) mass is 194 g/mol. The molecule has 1 aromatic heterocycles. The van der Waals surface area contributed by atoms with E-state index < -0.39 is 5.91 Å². The molecule has 0 fully saturated rings. The van der Waals surface area contributed by atoms with Gasteiger partial charge in [0.05, 0.1) is 7.11 Å². The van der Waals surface area contributed by atoms with Crippen molar-refractivity contribution >= 4 is 5.91 Å². The molecule has 2 N–H and O–H groups in total. The Labute approximate surface area is 83.1 Å². The molecule has 4 nitrogen and oxygen atoms in total. The minimum Gasteiger partial charge on any atom is -0.481 e. The molecule has 0 spiro atoms. The van der Waals surface area contributed by atoms with Crippen LogP contribution < -0.4 is 10.5 Å². The van der Waals surface area contributed by atoms with Crippen LogP contribution in [0.3, 0.4) is 0 Å². The van der Waals surface area contributed by atoms with Crippen LogP contribution >= 0.6 is 0 Å². The molecule has 0 bridgehead atoms. The van der Waals surface area contributed by atoms with Gasteiger partial charge in [0.1, 0.15) is 5.69 Å². The third-order valence-corrected chi connectivity index (χ3v) is 1.96. The van der Waals surface area contributed by atoms with E-state index in [4.69, 9.17) is 10.5 Å². The van der Waals surface area contributed by atoms with Crippen molar-refractivity contribution in [1.82, 2.24) is 4.98 Å². The molecule has 0 radical (unpaired) electrons. The lowest BCUT2D eigenvalue weighted by atomic mass is 10.0. The summed E-state index contributed by atoms with van der Waals surface area (Å²) in [4.78, 5) is 14.9. The maximum absolute atomic E-state index is 10.9. The smallest absolute Gasteiger partial charge is 0.267 e. The number of amides is 1. The molecule has 0 aliphatic carbocycles. The molecule has 0 aliphatic rings. The fraction of sp³-hybridized carbons (Fsp3) is 0.400. The van der Waals surface area contributed by atoms with Crippen LogP contribution in [-0.4, -0.2) is 18.0 Å². The summed E-state index contributed by atoms with van der Waals surface area (Å²) in [6, 6.07) is 3.43. The predicted octanol–water partition coefficient (Wildman–Crippen LogP) is 1.31. The van der Waals surface area contributed by atoms with Gasteiger partial charge in [-0.25, -0.2) is 4.98 Å². The van der Waals surface area contributed by atoms with Gasteiger partial charge in [0, 0.05) is 5.56 Å². The summed E-state index contributed by atoms with van der Waals surface area (Å²) in [6.45, 7) is 4.06. The van der Waals surface area contributed by atoms with Gasteiger partial charge in [0.2, 0.25) is 5.88 Å². The number of methoxy groups -OCH3 is 1. The first-order chi connectivity index (χ1) is 6.56. The maximum Gasteiger partial charge on any atom is 0.267 e. The quantitative estimate of drug-likeness (QED) is 0.789. The number of hydrogen-bond acceptors (Lipinski definition) is 3. The zero-order chi connectivity index (χ0) is 10.7. The van der Waals surface area contributed by atoms with Crippen LogP contribution in [0.5, 0.6) is 5.88 Å². The Morgan fingerprint density at radius 3 is 2.57 bits per heavy atom. The number of rotatable bonds is 3. The Hall–Kier alpha value is -1.58. The zero-order valence-corrected chi connectivity index (χ0v) is 8.57. The van der Waals surface area contributed by atoms with Gasteiger partial charge < -0.3 is 10.5 Å². The number of hydrogen-bond donors (Lipinski definition) is 1. The van der Waals surface area contributed by atoms with Crippen LogP contribution in [-0.2, 0) is 0 Å². The zero-order valence-electron chi connectivity index (χ0n) is 8.57. The molecule has 1 aromatic rings. The Bertz CT molecular complexity index is 348. The standard InChI is InChI=1S/C10H14N2O2/c1-6(2)7-4-5-8(9(11)13)12-10(7)14-3/h4-6H,1-3H3,(H2,11,13). The second kappa shape index (κ2) is 4.09.